The quantitative estimate of drug-likeness (QED) is 0.0664. The van der Waals surface area contributed by atoms with E-state index >= 15 is 0 Å². The summed E-state index contributed by atoms with van der Waals surface area (Å²) in [6, 6.07) is 25.6. The van der Waals surface area contributed by atoms with Gasteiger partial charge in [0, 0.05) is 52.7 Å². The highest BCUT2D eigenvalue weighted by Crippen LogP contribution is 2.41. The molecule has 0 unspecified atom stereocenters. The normalized spacial score (nSPS) is 11.1. The van der Waals surface area contributed by atoms with Crippen molar-refractivity contribution >= 4 is 39.7 Å². The highest BCUT2D eigenvalue weighted by molar-refractivity contribution is 6.10. The Kier molecular flexibility index (Phi) is 7.92. The molecule has 0 saturated heterocycles. The van der Waals surface area contributed by atoms with E-state index in [1.165, 1.54) is 0 Å². The third-order valence-electron chi connectivity index (χ3n) is 7.04. The highest BCUT2D eigenvalue weighted by atomic mass is 16.3. The second-order valence-electron chi connectivity index (χ2n) is 9.96. The molecule has 0 atom stereocenters. The molecule has 3 aromatic carbocycles. The van der Waals surface area contributed by atoms with Crippen molar-refractivity contribution in [2.75, 3.05) is 16.8 Å². The van der Waals surface area contributed by atoms with E-state index in [4.69, 9.17) is 21.3 Å². The lowest BCUT2D eigenvalue weighted by molar-refractivity contribution is -0.116. The van der Waals surface area contributed by atoms with Gasteiger partial charge in [-0.3, -0.25) is 9.59 Å². The van der Waals surface area contributed by atoms with Crippen molar-refractivity contribution in [3.05, 3.63) is 95.8 Å². The smallest absolute Gasteiger partial charge is 0.224 e. The number of ketones is 1. The number of para-hydroxylation sites is 2. The third-order valence-corrected chi connectivity index (χ3v) is 7.04. The SMILES string of the molecule is N=c1ccc2c(-c3ccccc3C(=O)CCCCCCC(=O)Nc3ccccc3N)c3ccc(N)cc3oc-2c1. The minimum atomic E-state index is -0.0590. The van der Waals surface area contributed by atoms with Gasteiger partial charge >= 0.3 is 0 Å². The first kappa shape index (κ1) is 26.7. The number of Topliss-reactive ketones (excluding diaryl/α,β-unsaturated/α-hetero) is 1. The Bertz CT molecular complexity index is 1720. The minimum Gasteiger partial charge on any atom is -0.456 e. The lowest BCUT2D eigenvalue weighted by Gasteiger charge is -2.17. The summed E-state index contributed by atoms with van der Waals surface area (Å²) in [4.78, 5) is 25.7. The summed E-state index contributed by atoms with van der Waals surface area (Å²) in [5.41, 5.74) is 17.5. The second kappa shape index (κ2) is 11.9. The van der Waals surface area contributed by atoms with Crippen LogP contribution in [0.2, 0.25) is 0 Å². The fourth-order valence-corrected chi connectivity index (χ4v) is 5.02. The van der Waals surface area contributed by atoms with Crippen LogP contribution in [0.5, 0.6) is 0 Å². The first-order chi connectivity index (χ1) is 19.4. The lowest BCUT2D eigenvalue weighted by atomic mass is 9.88. The second-order valence-corrected chi connectivity index (χ2v) is 9.96. The number of amides is 1. The molecule has 0 saturated carbocycles. The molecule has 1 heterocycles. The zero-order chi connectivity index (χ0) is 28.1. The Morgan fingerprint density at radius 3 is 2.35 bits per heavy atom. The molecule has 7 nitrogen and oxygen atoms in total. The molecule has 40 heavy (non-hydrogen) atoms. The van der Waals surface area contributed by atoms with E-state index in [1.807, 2.05) is 54.6 Å². The molecular formula is C33H32N4O3. The minimum absolute atomic E-state index is 0.0590. The van der Waals surface area contributed by atoms with Crippen LogP contribution in [-0.4, -0.2) is 11.7 Å². The predicted octanol–water partition coefficient (Wildman–Crippen LogP) is 7.01. The van der Waals surface area contributed by atoms with Gasteiger partial charge in [0.15, 0.2) is 5.78 Å². The molecular weight excluding hydrogens is 500 g/mol. The third kappa shape index (κ3) is 5.89. The average Bonchev–Trinajstić information content (AvgIpc) is 2.94. The van der Waals surface area contributed by atoms with E-state index in [9.17, 15) is 9.59 Å². The number of hydrogen-bond acceptors (Lipinski definition) is 6. The van der Waals surface area contributed by atoms with E-state index in [-0.39, 0.29) is 11.7 Å². The molecule has 2 aliphatic rings. The highest BCUT2D eigenvalue weighted by Gasteiger charge is 2.21. The number of rotatable bonds is 10. The molecule has 3 aromatic rings. The Morgan fingerprint density at radius 2 is 1.52 bits per heavy atom. The molecule has 0 aromatic heterocycles. The summed E-state index contributed by atoms with van der Waals surface area (Å²) in [5.74, 6) is 0.584. The van der Waals surface area contributed by atoms with Crippen LogP contribution in [0, 0.1) is 5.41 Å². The predicted molar refractivity (Wildman–Crippen MR) is 160 cm³/mol. The number of carbonyl (C=O) groups is 2. The maximum Gasteiger partial charge on any atom is 0.224 e. The van der Waals surface area contributed by atoms with Crippen molar-refractivity contribution in [2.45, 2.75) is 38.5 Å². The number of nitrogens with two attached hydrogens (primary N) is 2. The van der Waals surface area contributed by atoms with Crippen LogP contribution in [0.4, 0.5) is 17.1 Å². The summed E-state index contributed by atoms with van der Waals surface area (Å²) in [6.45, 7) is 0. The number of fused-ring (bicyclic) bond motifs is 2. The van der Waals surface area contributed by atoms with Crippen LogP contribution in [0.15, 0.2) is 89.3 Å². The van der Waals surface area contributed by atoms with Crippen molar-refractivity contribution in [3.63, 3.8) is 0 Å². The van der Waals surface area contributed by atoms with Crippen molar-refractivity contribution in [1.82, 2.24) is 0 Å². The molecule has 5 rings (SSSR count). The first-order valence-electron chi connectivity index (χ1n) is 13.5. The largest absolute Gasteiger partial charge is 0.456 e. The van der Waals surface area contributed by atoms with Gasteiger partial charge in [0.25, 0.3) is 0 Å². The number of hydrogen-bond donors (Lipinski definition) is 4. The summed E-state index contributed by atoms with van der Waals surface area (Å²) < 4.78 is 6.11. The molecule has 6 N–H and O–H groups in total. The number of anilines is 3. The molecule has 0 fully saturated rings. The van der Waals surface area contributed by atoms with Gasteiger partial charge in [-0.2, -0.15) is 0 Å². The van der Waals surface area contributed by atoms with Gasteiger partial charge in [-0.05, 0) is 54.8 Å². The summed E-state index contributed by atoms with van der Waals surface area (Å²) in [5, 5.41) is 12.1. The van der Waals surface area contributed by atoms with Gasteiger partial charge < -0.3 is 26.6 Å². The van der Waals surface area contributed by atoms with Crippen LogP contribution in [0.1, 0.15) is 48.9 Å². The topological polar surface area (TPSA) is 135 Å². The standard InChI is InChI=1S/C33H32N4O3/c34-21-15-17-25-30(19-21)40-31-20-22(35)16-18-26(31)33(25)24-10-6-5-9-23(24)29(38)13-3-1-2-4-14-32(39)37-28-12-8-7-11-27(28)36/h5-12,15-20,34H,1-4,13-14,35-36H2,(H,37,39). The molecule has 1 amide bonds. The number of benzene rings is 4. The summed E-state index contributed by atoms with van der Waals surface area (Å²) in [7, 11) is 0. The van der Waals surface area contributed by atoms with Gasteiger partial charge in [-0.25, -0.2) is 0 Å². The molecule has 1 aliphatic heterocycles. The van der Waals surface area contributed by atoms with Gasteiger partial charge in [0.2, 0.25) is 5.91 Å². The van der Waals surface area contributed by atoms with Crippen molar-refractivity contribution in [2.24, 2.45) is 0 Å². The Hall–Kier alpha value is -4.91. The molecule has 0 radical (unpaired) electrons. The van der Waals surface area contributed by atoms with Crippen LogP contribution >= 0.6 is 0 Å². The fourth-order valence-electron chi connectivity index (χ4n) is 5.02. The molecule has 7 heteroatoms. The molecule has 0 spiro atoms. The van der Waals surface area contributed by atoms with Crippen LogP contribution in [0.3, 0.4) is 0 Å². The molecule has 202 valence electrons. The van der Waals surface area contributed by atoms with Crippen molar-refractivity contribution in [1.29, 1.82) is 5.41 Å². The zero-order valence-corrected chi connectivity index (χ0v) is 22.2. The Morgan fingerprint density at radius 1 is 0.775 bits per heavy atom. The average molecular weight is 533 g/mol. The maximum absolute atomic E-state index is 13.4. The molecule has 0 bridgehead atoms. The van der Waals surface area contributed by atoms with E-state index in [0.717, 1.165) is 47.8 Å². The number of nitrogen functional groups attached to an aromatic ring is 2. The van der Waals surface area contributed by atoms with E-state index in [1.54, 1.807) is 30.3 Å². The van der Waals surface area contributed by atoms with Crippen molar-refractivity contribution in [3.8, 4) is 22.5 Å². The monoisotopic (exact) mass is 532 g/mol. The van der Waals surface area contributed by atoms with Gasteiger partial charge in [0.1, 0.15) is 11.3 Å². The van der Waals surface area contributed by atoms with Crippen LogP contribution in [0.25, 0.3) is 33.4 Å². The Labute approximate surface area is 232 Å². The van der Waals surface area contributed by atoms with Gasteiger partial charge in [-0.15, -0.1) is 0 Å². The van der Waals surface area contributed by atoms with Gasteiger partial charge in [0.05, 0.1) is 16.7 Å². The Balaban J connectivity index is 1.27. The van der Waals surface area contributed by atoms with Crippen LogP contribution < -0.4 is 22.1 Å². The number of unbranched alkanes of at least 4 members (excludes halogenated alkanes) is 3. The lowest BCUT2D eigenvalue weighted by Crippen LogP contribution is -2.12. The van der Waals surface area contributed by atoms with E-state index in [0.29, 0.717) is 52.2 Å². The number of carbonyl (C=O) groups excluding carboxylic acids is 2. The fraction of sp³-hybridized carbons (Fsp3) is 0.182. The molecule has 1 aliphatic carbocycles. The van der Waals surface area contributed by atoms with E-state index in [2.05, 4.69) is 5.32 Å². The van der Waals surface area contributed by atoms with Crippen LogP contribution in [-0.2, 0) is 4.79 Å². The van der Waals surface area contributed by atoms with E-state index < -0.39 is 0 Å². The summed E-state index contributed by atoms with van der Waals surface area (Å²) in [6.07, 6.45) is 4.03. The van der Waals surface area contributed by atoms with Crippen molar-refractivity contribution < 1.29 is 14.0 Å². The maximum atomic E-state index is 13.4. The first-order valence-corrected chi connectivity index (χ1v) is 13.5. The zero-order valence-electron chi connectivity index (χ0n) is 22.2. The number of nitrogens with one attached hydrogen (secondary N) is 2. The summed E-state index contributed by atoms with van der Waals surface area (Å²) >= 11 is 0. The van der Waals surface area contributed by atoms with Gasteiger partial charge in [-0.1, -0.05) is 49.2 Å².